The summed E-state index contributed by atoms with van der Waals surface area (Å²) in [4.78, 5) is 40.2. The van der Waals surface area contributed by atoms with Gasteiger partial charge in [0.1, 0.15) is 5.00 Å². The highest BCUT2D eigenvalue weighted by Gasteiger charge is 2.25. The smallest absolute Gasteiger partial charge is 0.341 e. The predicted octanol–water partition coefficient (Wildman–Crippen LogP) is 2.99. The Morgan fingerprint density at radius 3 is 2.62 bits per heavy atom. The molecule has 2 aromatic heterocycles. The molecule has 0 fully saturated rings. The van der Waals surface area contributed by atoms with Gasteiger partial charge in [0.05, 0.1) is 23.3 Å². The number of carbonyl (C=O) groups excluding carboxylic acids is 3. The van der Waals surface area contributed by atoms with E-state index in [0.29, 0.717) is 10.4 Å². The minimum absolute atomic E-state index is 0.176. The van der Waals surface area contributed by atoms with Crippen LogP contribution in [0.2, 0.25) is 0 Å². The molecule has 8 nitrogen and oxygen atoms in total. The van der Waals surface area contributed by atoms with Crippen LogP contribution in [-0.4, -0.2) is 35.6 Å². The first-order valence-corrected chi connectivity index (χ1v) is 8.57. The molecule has 136 valence electrons. The summed E-state index contributed by atoms with van der Waals surface area (Å²) in [5, 5.41) is 6.60. The summed E-state index contributed by atoms with van der Waals surface area (Å²) < 4.78 is 5.01. The van der Waals surface area contributed by atoms with Crippen molar-refractivity contribution in [3.63, 3.8) is 0 Å². The SMILES string of the molecule is CCOC(=O)c1c(NC(=O)NN=Cc2ccncc2)sc(C(C)=O)c1C. The normalized spacial score (nSPS) is 10.6. The van der Waals surface area contributed by atoms with Crippen molar-refractivity contribution in [2.45, 2.75) is 20.8 Å². The highest BCUT2D eigenvalue weighted by atomic mass is 32.1. The number of aromatic nitrogens is 1. The molecule has 0 atom stereocenters. The maximum absolute atomic E-state index is 12.2. The van der Waals surface area contributed by atoms with E-state index in [1.165, 1.54) is 13.1 Å². The second-order valence-electron chi connectivity index (χ2n) is 5.14. The molecule has 0 aliphatic heterocycles. The number of ether oxygens (including phenoxy) is 1. The van der Waals surface area contributed by atoms with Crippen molar-refractivity contribution in [1.29, 1.82) is 0 Å². The van der Waals surface area contributed by atoms with Gasteiger partial charge >= 0.3 is 12.0 Å². The van der Waals surface area contributed by atoms with Gasteiger partial charge in [-0.25, -0.2) is 15.0 Å². The van der Waals surface area contributed by atoms with Crippen molar-refractivity contribution >= 4 is 40.3 Å². The zero-order valence-electron chi connectivity index (χ0n) is 14.5. The molecule has 0 radical (unpaired) electrons. The van der Waals surface area contributed by atoms with Crippen LogP contribution in [0.1, 0.15) is 45.0 Å². The number of anilines is 1. The lowest BCUT2D eigenvalue weighted by atomic mass is 10.1. The van der Waals surface area contributed by atoms with Crippen LogP contribution in [0, 0.1) is 6.92 Å². The molecule has 0 aromatic carbocycles. The van der Waals surface area contributed by atoms with Crippen molar-refractivity contribution in [3.8, 4) is 0 Å². The van der Waals surface area contributed by atoms with Crippen LogP contribution in [0.25, 0.3) is 0 Å². The van der Waals surface area contributed by atoms with Gasteiger partial charge in [0.2, 0.25) is 0 Å². The molecule has 2 heterocycles. The number of hydrazone groups is 1. The number of nitrogens with one attached hydrogen (secondary N) is 2. The molecule has 0 saturated carbocycles. The first-order valence-electron chi connectivity index (χ1n) is 7.75. The van der Waals surface area contributed by atoms with Crippen LogP contribution in [0.5, 0.6) is 0 Å². The first-order chi connectivity index (χ1) is 12.4. The first kappa shape index (κ1) is 19.3. The van der Waals surface area contributed by atoms with E-state index < -0.39 is 12.0 Å². The average molecular weight is 374 g/mol. The Morgan fingerprint density at radius 2 is 2.00 bits per heavy atom. The average Bonchev–Trinajstić information content (AvgIpc) is 2.92. The van der Waals surface area contributed by atoms with Gasteiger partial charge < -0.3 is 4.74 Å². The van der Waals surface area contributed by atoms with Gasteiger partial charge in [-0.15, -0.1) is 11.3 Å². The van der Waals surface area contributed by atoms with Gasteiger partial charge in [-0.2, -0.15) is 5.10 Å². The standard InChI is InChI=1S/C17H18N4O4S/c1-4-25-16(23)13-10(2)14(11(3)22)26-15(13)20-17(24)21-19-9-12-5-7-18-8-6-12/h5-9H,4H2,1-3H3,(H2,20,21,24). The molecule has 0 spiro atoms. The second-order valence-corrected chi connectivity index (χ2v) is 6.16. The number of Topliss-reactive ketones (excluding diaryl/α,β-unsaturated/α-hetero) is 1. The van der Waals surface area contributed by atoms with E-state index in [0.717, 1.165) is 16.9 Å². The van der Waals surface area contributed by atoms with Crippen molar-refractivity contribution in [2.75, 3.05) is 11.9 Å². The summed E-state index contributed by atoms with van der Waals surface area (Å²) in [5.74, 6) is -0.786. The van der Waals surface area contributed by atoms with E-state index in [1.807, 2.05) is 0 Å². The van der Waals surface area contributed by atoms with E-state index in [4.69, 9.17) is 4.74 Å². The molecule has 2 aromatic rings. The van der Waals surface area contributed by atoms with E-state index in [1.54, 1.807) is 38.4 Å². The molecule has 9 heteroatoms. The lowest BCUT2D eigenvalue weighted by Gasteiger charge is -2.06. The van der Waals surface area contributed by atoms with Crippen molar-refractivity contribution in [1.82, 2.24) is 10.4 Å². The number of ketones is 1. The molecule has 0 unspecified atom stereocenters. The fraction of sp³-hybridized carbons (Fsp3) is 0.235. The maximum atomic E-state index is 12.2. The molecule has 26 heavy (non-hydrogen) atoms. The van der Waals surface area contributed by atoms with Crippen LogP contribution in [-0.2, 0) is 4.74 Å². The van der Waals surface area contributed by atoms with Crippen LogP contribution in [0.15, 0.2) is 29.6 Å². The number of rotatable bonds is 6. The Hall–Kier alpha value is -3.07. The molecule has 0 bridgehead atoms. The van der Waals surface area contributed by atoms with Crippen LogP contribution >= 0.6 is 11.3 Å². The summed E-state index contributed by atoms with van der Waals surface area (Å²) in [5.41, 5.74) is 3.73. The second kappa shape index (κ2) is 8.86. The third kappa shape index (κ3) is 4.73. The van der Waals surface area contributed by atoms with Crippen molar-refractivity contribution in [2.24, 2.45) is 5.10 Å². The number of hydrogen-bond donors (Lipinski definition) is 2. The largest absolute Gasteiger partial charge is 0.462 e. The maximum Gasteiger partial charge on any atom is 0.341 e. The number of urea groups is 1. The lowest BCUT2D eigenvalue weighted by molar-refractivity contribution is 0.0527. The quantitative estimate of drug-likeness (QED) is 0.350. The van der Waals surface area contributed by atoms with Gasteiger partial charge in [0.15, 0.2) is 5.78 Å². The molecule has 0 saturated heterocycles. The van der Waals surface area contributed by atoms with E-state index >= 15 is 0 Å². The van der Waals surface area contributed by atoms with E-state index in [9.17, 15) is 14.4 Å². The highest BCUT2D eigenvalue weighted by molar-refractivity contribution is 7.18. The number of nitrogens with zero attached hydrogens (tertiary/aromatic N) is 2. The van der Waals surface area contributed by atoms with Gasteiger partial charge in [-0.3, -0.25) is 15.1 Å². The highest BCUT2D eigenvalue weighted by Crippen LogP contribution is 2.34. The van der Waals surface area contributed by atoms with Crippen molar-refractivity contribution < 1.29 is 19.1 Å². The van der Waals surface area contributed by atoms with Crippen LogP contribution in [0.4, 0.5) is 9.80 Å². The lowest BCUT2D eigenvalue weighted by Crippen LogP contribution is -2.24. The summed E-state index contributed by atoms with van der Waals surface area (Å²) in [6, 6.07) is 2.81. The molecule has 0 aliphatic rings. The number of esters is 1. The topological polar surface area (TPSA) is 110 Å². The molecule has 0 aliphatic carbocycles. The number of carbonyl (C=O) groups is 3. The van der Waals surface area contributed by atoms with E-state index in [-0.39, 0.29) is 23.0 Å². The Labute approximate surface area is 154 Å². The third-order valence-electron chi connectivity index (χ3n) is 3.26. The Kier molecular flexibility index (Phi) is 6.56. The van der Waals surface area contributed by atoms with Crippen molar-refractivity contribution in [3.05, 3.63) is 46.1 Å². The van der Waals surface area contributed by atoms with Gasteiger partial charge in [-0.05, 0) is 44.0 Å². The third-order valence-corrected chi connectivity index (χ3v) is 4.57. The fourth-order valence-electron chi connectivity index (χ4n) is 2.13. The molecule has 2 N–H and O–H groups in total. The summed E-state index contributed by atoms with van der Waals surface area (Å²) >= 11 is 1.02. The van der Waals surface area contributed by atoms with Gasteiger partial charge in [0, 0.05) is 12.4 Å². The minimum Gasteiger partial charge on any atom is -0.462 e. The summed E-state index contributed by atoms with van der Waals surface area (Å²) in [6.45, 7) is 4.91. The number of pyridine rings is 1. The van der Waals surface area contributed by atoms with Crippen LogP contribution < -0.4 is 10.7 Å². The Balaban J connectivity index is 2.15. The molecule has 2 amide bonds. The van der Waals surface area contributed by atoms with Crippen LogP contribution in [0.3, 0.4) is 0 Å². The number of hydrogen-bond acceptors (Lipinski definition) is 7. The fourth-order valence-corrected chi connectivity index (χ4v) is 3.22. The summed E-state index contributed by atoms with van der Waals surface area (Å²) in [6.07, 6.45) is 4.66. The van der Waals surface area contributed by atoms with Gasteiger partial charge in [-0.1, -0.05) is 0 Å². The molecule has 2 rings (SSSR count). The van der Waals surface area contributed by atoms with E-state index in [2.05, 4.69) is 20.8 Å². The predicted molar refractivity (Wildman–Crippen MR) is 99.0 cm³/mol. The van der Waals surface area contributed by atoms with Gasteiger partial charge in [0.25, 0.3) is 0 Å². The zero-order valence-corrected chi connectivity index (χ0v) is 15.3. The molecular weight excluding hydrogens is 356 g/mol. The summed E-state index contributed by atoms with van der Waals surface area (Å²) in [7, 11) is 0. The monoisotopic (exact) mass is 374 g/mol. The Bertz CT molecular complexity index is 846. The number of amides is 2. The zero-order chi connectivity index (χ0) is 19.1. The Morgan fingerprint density at radius 1 is 1.31 bits per heavy atom. The molecular formula is C17H18N4O4S. The minimum atomic E-state index is -0.641. The number of thiophene rings is 1.